The molecule has 0 aromatic carbocycles. The lowest BCUT2D eigenvalue weighted by Gasteiger charge is -2.24. The van der Waals surface area contributed by atoms with Crippen LogP contribution in [0.5, 0.6) is 0 Å². The Morgan fingerprint density at radius 1 is 1.56 bits per heavy atom. The number of pyridine rings is 1. The van der Waals surface area contributed by atoms with Gasteiger partial charge in [0.2, 0.25) is 0 Å². The smallest absolute Gasteiger partial charge is 0.147 e. The van der Waals surface area contributed by atoms with Crippen molar-refractivity contribution in [3.05, 3.63) is 22.8 Å². The molecule has 3 nitrogen and oxygen atoms in total. The first kappa shape index (κ1) is 11.7. The molecule has 1 aromatic heterocycles. The maximum Gasteiger partial charge on any atom is 0.147 e. The number of hydrogen-bond acceptors (Lipinski definition) is 3. The van der Waals surface area contributed by atoms with Crippen molar-refractivity contribution in [2.45, 2.75) is 32.9 Å². The van der Waals surface area contributed by atoms with Crippen molar-refractivity contribution < 1.29 is 0 Å². The summed E-state index contributed by atoms with van der Waals surface area (Å²) in [5.74, 6) is 1.59. The number of aromatic nitrogens is 1. The Labute approximate surface area is 102 Å². The van der Waals surface area contributed by atoms with Crippen LogP contribution >= 0.6 is 11.6 Å². The summed E-state index contributed by atoms with van der Waals surface area (Å²) in [6.07, 6.45) is 2.99. The molecule has 0 amide bonds. The van der Waals surface area contributed by atoms with E-state index in [0.29, 0.717) is 23.5 Å². The number of hydrogen-bond donors (Lipinski definition) is 1. The summed E-state index contributed by atoms with van der Waals surface area (Å²) in [6.45, 7) is 5.97. The zero-order valence-corrected chi connectivity index (χ0v) is 10.5. The standard InChI is InChI=1S/C12H18ClN3/c1-8-5-9(2)16(7-8)12-11(13)10(6-14)3-4-15-12/h3-4,8-9H,5-7,14H2,1-2H3. The summed E-state index contributed by atoms with van der Waals surface area (Å²) in [6, 6.07) is 2.39. The Bertz CT molecular complexity index is 381. The van der Waals surface area contributed by atoms with Gasteiger partial charge >= 0.3 is 0 Å². The fourth-order valence-electron chi connectivity index (χ4n) is 2.42. The fourth-order valence-corrected chi connectivity index (χ4v) is 2.72. The topological polar surface area (TPSA) is 42.2 Å². The first-order valence-electron chi connectivity index (χ1n) is 5.73. The molecule has 0 radical (unpaired) electrons. The van der Waals surface area contributed by atoms with Crippen LogP contribution in [0.3, 0.4) is 0 Å². The number of halogens is 1. The molecule has 2 N–H and O–H groups in total. The Hall–Kier alpha value is -0.800. The second-order valence-corrected chi connectivity index (χ2v) is 5.03. The Morgan fingerprint density at radius 3 is 2.88 bits per heavy atom. The van der Waals surface area contributed by atoms with E-state index in [-0.39, 0.29) is 0 Å². The highest BCUT2D eigenvalue weighted by Crippen LogP contribution is 2.33. The normalized spacial score (nSPS) is 25.1. The van der Waals surface area contributed by atoms with Crippen molar-refractivity contribution >= 4 is 17.4 Å². The molecule has 2 heterocycles. The maximum atomic E-state index is 6.32. The molecule has 16 heavy (non-hydrogen) atoms. The maximum absolute atomic E-state index is 6.32. The molecule has 1 aliphatic heterocycles. The van der Waals surface area contributed by atoms with Gasteiger partial charge in [-0.1, -0.05) is 18.5 Å². The number of nitrogens with two attached hydrogens (primary N) is 1. The molecular formula is C12H18ClN3. The van der Waals surface area contributed by atoms with Crippen LogP contribution in [0.1, 0.15) is 25.8 Å². The van der Waals surface area contributed by atoms with Crippen LogP contribution in [0.2, 0.25) is 5.02 Å². The molecule has 0 saturated carbocycles. The van der Waals surface area contributed by atoms with E-state index < -0.39 is 0 Å². The molecule has 2 atom stereocenters. The van der Waals surface area contributed by atoms with Crippen LogP contribution in [-0.2, 0) is 6.54 Å². The average Bonchev–Trinajstić information content (AvgIpc) is 2.58. The van der Waals surface area contributed by atoms with Gasteiger partial charge in [0.1, 0.15) is 5.82 Å². The van der Waals surface area contributed by atoms with Crippen LogP contribution in [0.4, 0.5) is 5.82 Å². The molecule has 2 unspecified atom stereocenters. The van der Waals surface area contributed by atoms with Gasteiger partial charge in [-0.3, -0.25) is 0 Å². The number of rotatable bonds is 2. The van der Waals surface area contributed by atoms with Crippen molar-refractivity contribution in [1.29, 1.82) is 0 Å². The van der Waals surface area contributed by atoms with Gasteiger partial charge in [-0.2, -0.15) is 0 Å². The van der Waals surface area contributed by atoms with Crippen LogP contribution < -0.4 is 10.6 Å². The van der Waals surface area contributed by atoms with E-state index in [0.717, 1.165) is 17.9 Å². The van der Waals surface area contributed by atoms with Gasteiger partial charge in [-0.25, -0.2) is 4.98 Å². The lowest BCUT2D eigenvalue weighted by molar-refractivity contribution is 0.625. The van der Waals surface area contributed by atoms with Crippen LogP contribution in [0, 0.1) is 5.92 Å². The summed E-state index contributed by atoms with van der Waals surface area (Å²) in [5.41, 5.74) is 6.62. The molecule has 0 aliphatic carbocycles. The predicted molar refractivity (Wildman–Crippen MR) is 67.7 cm³/mol. The molecule has 1 aliphatic rings. The van der Waals surface area contributed by atoms with Gasteiger partial charge < -0.3 is 10.6 Å². The summed E-state index contributed by atoms with van der Waals surface area (Å²) in [7, 11) is 0. The fraction of sp³-hybridized carbons (Fsp3) is 0.583. The van der Waals surface area contributed by atoms with E-state index >= 15 is 0 Å². The molecule has 0 bridgehead atoms. The zero-order chi connectivity index (χ0) is 11.7. The quantitative estimate of drug-likeness (QED) is 0.862. The lowest BCUT2D eigenvalue weighted by atomic mass is 10.1. The van der Waals surface area contributed by atoms with Crippen molar-refractivity contribution in [1.82, 2.24) is 4.98 Å². The summed E-state index contributed by atoms with van der Waals surface area (Å²) in [5, 5.41) is 0.714. The molecule has 88 valence electrons. The highest BCUT2D eigenvalue weighted by molar-refractivity contribution is 6.33. The first-order valence-corrected chi connectivity index (χ1v) is 6.11. The molecule has 1 saturated heterocycles. The predicted octanol–water partition coefficient (Wildman–Crippen LogP) is 2.43. The third kappa shape index (κ3) is 2.02. The summed E-state index contributed by atoms with van der Waals surface area (Å²) < 4.78 is 0. The van der Waals surface area contributed by atoms with Crippen LogP contribution in [0.15, 0.2) is 12.3 Å². The molecule has 2 rings (SSSR count). The SMILES string of the molecule is CC1CC(C)N(c2nccc(CN)c2Cl)C1. The summed E-state index contributed by atoms with van der Waals surface area (Å²) >= 11 is 6.32. The number of anilines is 1. The highest BCUT2D eigenvalue weighted by Gasteiger charge is 2.28. The van der Waals surface area contributed by atoms with Gasteiger partial charge in [-0.05, 0) is 30.9 Å². The minimum absolute atomic E-state index is 0.464. The van der Waals surface area contributed by atoms with E-state index in [2.05, 4.69) is 23.7 Å². The lowest BCUT2D eigenvalue weighted by Crippen LogP contribution is -2.28. The molecule has 0 spiro atoms. The first-order chi connectivity index (χ1) is 7.63. The van der Waals surface area contributed by atoms with Crippen LogP contribution in [0.25, 0.3) is 0 Å². The van der Waals surface area contributed by atoms with E-state index in [9.17, 15) is 0 Å². The van der Waals surface area contributed by atoms with Crippen molar-refractivity contribution in [3.8, 4) is 0 Å². The Kier molecular flexibility index (Phi) is 3.36. The highest BCUT2D eigenvalue weighted by atomic mass is 35.5. The van der Waals surface area contributed by atoms with Crippen LogP contribution in [-0.4, -0.2) is 17.6 Å². The molecule has 1 aromatic rings. The van der Waals surface area contributed by atoms with E-state index in [1.807, 2.05) is 6.07 Å². The third-order valence-corrected chi connectivity index (χ3v) is 3.64. The second kappa shape index (κ2) is 4.60. The van der Waals surface area contributed by atoms with Crippen molar-refractivity contribution in [2.75, 3.05) is 11.4 Å². The van der Waals surface area contributed by atoms with E-state index in [4.69, 9.17) is 17.3 Å². The van der Waals surface area contributed by atoms with Gasteiger partial charge in [-0.15, -0.1) is 0 Å². The molecular weight excluding hydrogens is 222 g/mol. The Balaban J connectivity index is 2.33. The largest absolute Gasteiger partial charge is 0.352 e. The van der Waals surface area contributed by atoms with Crippen molar-refractivity contribution in [2.24, 2.45) is 11.7 Å². The molecule has 4 heteroatoms. The average molecular weight is 240 g/mol. The minimum atomic E-state index is 0.464. The second-order valence-electron chi connectivity index (χ2n) is 4.65. The summed E-state index contributed by atoms with van der Waals surface area (Å²) in [4.78, 5) is 6.68. The zero-order valence-electron chi connectivity index (χ0n) is 9.78. The van der Waals surface area contributed by atoms with E-state index in [1.165, 1.54) is 6.42 Å². The number of nitrogens with zero attached hydrogens (tertiary/aromatic N) is 2. The van der Waals surface area contributed by atoms with Gasteiger partial charge in [0, 0.05) is 25.3 Å². The van der Waals surface area contributed by atoms with Crippen molar-refractivity contribution in [3.63, 3.8) is 0 Å². The minimum Gasteiger partial charge on any atom is -0.352 e. The Morgan fingerprint density at radius 2 is 2.31 bits per heavy atom. The molecule has 1 fully saturated rings. The van der Waals surface area contributed by atoms with Gasteiger partial charge in [0.05, 0.1) is 5.02 Å². The van der Waals surface area contributed by atoms with E-state index in [1.54, 1.807) is 6.20 Å². The van der Waals surface area contributed by atoms with Gasteiger partial charge in [0.15, 0.2) is 0 Å². The third-order valence-electron chi connectivity index (χ3n) is 3.23. The van der Waals surface area contributed by atoms with Gasteiger partial charge in [0.25, 0.3) is 0 Å². The monoisotopic (exact) mass is 239 g/mol.